The van der Waals surface area contributed by atoms with Crippen molar-refractivity contribution in [3.8, 4) is 6.07 Å². The van der Waals surface area contributed by atoms with E-state index in [-0.39, 0.29) is 12.3 Å². The molecule has 0 spiro atoms. The summed E-state index contributed by atoms with van der Waals surface area (Å²) in [5, 5.41) is 8.14. The Kier molecular flexibility index (Phi) is 3.33. The van der Waals surface area contributed by atoms with Crippen LogP contribution in [0.25, 0.3) is 0 Å². The molecule has 0 bridgehead atoms. The molecule has 58 valence electrons. The average Bonchev–Trinajstić information content (AvgIpc) is 1.89. The molecule has 4 nitrogen and oxygen atoms in total. The van der Waals surface area contributed by atoms with Gasteiger partial charge in [0, 0.05) is 7.05 Å². The van der Waals surface area contributed by atoms with Crippen molar-refractivity contribution in [2.75, 3.05) is 19.3 Å². The number of nitrogens with zero attached hydrogens (tertiary/aromatic N) is 2. The van der Waals surface area contributed by atoms with Crippen LogP contribution < -0.4 is 0 Å². The van der Waals surface area contributed by atoms with Gasteiger partial charge in [-0.3, -0.25) is 0 Å². The zero-order valence-corrected chi connectivity index (χ0v) is 6.85. The van der Waals surface area contributed by atoms with Crippen LogP contribution in [0.15, 0.2) is 0 Å². The third kappa shape index (κ3) is 2.33. The van der Waals surface area contributed by atoms with Crippen molar-refractivity contribution in [2.24, 2.45) is 0 Å². The van der Waals surface area contributed by atoms with Crippen molar-refractivity contribution < 1.29 is 8.42 Å². The maximum absolute atomic E-state index is 10.9. The first-order valence-corrected chi connectivity index (χ1v) is 4.46. The molecule has 5 heteroatoms. The molecule has 0 unspecified atom stereocenters. The summed E-state index contributed by atoms with van der Waals surface area (Å²) in [4.78, 5) is 0. The first-order chi connectivity index (χ1) is 4.54. The second-order valence-corrected chi connectivity index (χ2v) is 4.18. The van der Waals surface area contributed by atoms with E-state index in [1.54, 1.807) is 13.0 Å². The van der Waals surface area contributed by atoms with Crippen LogP contribution in [0.4, 0.5) is 0 Å². The van der Waals surface area contributed by atoms with E-state index in [9.17, 15) is 8.42 Å². The Morgan fingerprint density at radius 2 is 2.10 bits per heavy atom. The zero-order chi connectivity index (χ0) is 8.20. The van der Waals surface area contributed by atoms with E-state index >= 15 is 0 Å². The van der Waals surface area contributed by atoms with Crippen LogP contribution >= 0.6 is 0 Å². The van der Waals surface area contributed by atoms with Gasteiger partial charge >= 0.3 is 0 Å². The smallest absolute Gasteiger partial charge is 0.212 e. The fourth-order valence-electron chi connectivity index (χ4n) is 0.418. The Hall–Kier alpha value is -0.600. The summed E-state index contributed by atoms with van der Waals surface area (Å²) in [5.41, 5.74) is 0. The van der Waals surface area contributed by atoms with Crippen molar-refractivity contribution in [2.45, 2.75) is 6.92 Å². The summed E-state index contributed by atoms with van der Waals surface area (Å²) in [6.07, 6.45) is 0. The quantitative estimate of drug-likeness (QED) is 0.539. The molecule has 0 radical (unpaired) electrons. The first-order valence-electron chi connectivity index (χ1n) is 2.85. The molecule has 0 rings (SSSR count). The predicted octanol–water partition coefficient (Wildman–Crippen LogP) is -0.209. The Balaban J connectivity index is 4.23. The van der Waals surface area contributed by atoms with Gasteiger partial charge in [0.2, 0.25) is 10.0 Å². The maximum Gasteiger partial charge on any atom is 0.214 e. The van der Waals surface area contributed by atoms with Crippen LogP contribution in [0.1, 0.15) is 6.92 Å². The van der Waals surface area contributed by atoms with Crippen molar-refractivity contribution in [3.63, 3.8) is 0 Å². The Morgan fingerprint density at radius 3 is 2.40 bits per heavy atom. The standard InChI is InChI=1S/C5H10N2O2S/c1-3-10(8,9)7(2)5-4-6/h3,5H2,1-2H3. The average molecular weight is 162 g/mol. The minimum Gasteiger partial charge on any atom is -0.212 e. The molecule has 0 fully saturated rings. The lowest BCUT2D eigenvalue weighted by molar-refractivity contribution is 0.503. The summed E-state index contributed by atoms with van der Waals surface area (Å²) >= 11 is 0. The van der Waals surface area contributed by atoms with Gasteiger partial charge in [-0.15, -0.1) is 0 Å². The molecule has 10 heavy (non-hydrogen) atoms. The second kappa shape index (κ2) is 3.54. The minimum atomic E-state index is -3.15. The molecule has 0 aromatic carbocycles. The third-order valence-electron chi connectivity index (χ3n) is 1.13. The highest BCUT2D eigenvalue weighted by atomic mass is 32.2. The van der Waals surface area contributed by atoms with Gasteiger partial charge in [0.15, 0.2) is 0 Å². The van der Waals surface area contributed by atoms with Gasteiger partial charge in [-0.1, -0.05) is 0 Å². The molecular weight excluding hydrogens is 152 g/mol. The van der Waals surface area contributed by atoms with Gasteiger partial charge in [0.05, 0.1) is 11.8 Å². The molecule has 0 aliphatic heterocycles. The number of rotatable bonds is 3. The molecular formula is C5H10N2O2S. The number of hydrogen-bond acceptors (Lipinski definition) is 3. The number of nitriles is 1. The van der Waals surface area contributed by atoms with Gasteiger partial charge in [0.25, 0.3) is 0 Å². The number of sulfonamides is 1. The van der Waals surface area contributed by atoms with Crippen LogP contribution in [-0.4, -0.2) is 32.1 Å². The van der Waals surface area contributed by atoms with E-state index in [1.165, 1.54) is 7.05 Å². The summed E-state index contributed by atoms with van der Waals surface area (Å²) in [6, 6.07) is 1.75. The molecule has 0 atom stereocenters. The summed E-state index contributed by atoms with van der Waals surface area (Å²) in [7, 11) is -1.76. The molecule has 0 heterocycles. The van der Waals surface area contributed by atoms with Gasteiger partial charge in [-0.05, 0) is 6.92 Å². The van der Waals surface area contributed by atoms with Crippen LogP contribution in [0.5, 0.6) is 0 Å². The molecule has 0 amide bonds. The highest BCUT2D eigenvalue weighted by molar-refractivity contribution is 7.89. The van der Waals surface area contributed by atoms with Crippen LogP contribution in [0, 0.1) is 11.3 Å². The highest BCUT2D eigenvalue weighted by Gasteiger charge is 2.13. The molecule has 0 saturated heterocycles. The lowest BCUT2D eigenvalue weighted by Gasteiger charge is -2.10. The van der Waals surface area contributed by atoms with Crippen LogP contribution in [0.3, 0.4) is 0 Å². The van der Waals surface area contributed by atoms with E-state index in [2.05, 4.69) is 0 Å². The van der Waals surface area contributed by atoms with Crippen LogP contribution in [0.2, 0.25) is 0 Å². The van der Waals surface area contributed by atoms with E-state index in [0.29, 0.717) is 0 Å². The van der Waals surface area contributed by atoms with Crippen molar-refractivity contribution >= 4 is 10.0 Å². The van der Waals surface area contributed by atoms with Crippen molar-refractivity contribution in [1.82, 2.24) is 4.31 Å². The fraction of sp³-hybridized carbons (Fsp3) is 0.800. The highest BCUT2D eigenvalue weighted by Crippen LogP contribution is 1.94. The lowest BCUT2D eigenvalue weighted by atomic mass is 10.7. The molecule has 0 aliphatic rings. The molecule has 0 N–H and O–H groups in total. The second-order valence-electron chi connectivity index (χ2n) is 1.81. The first kappa shape index (κ1) is 9.40. The monoisotopic (exact) mass is 162 g/mol. The Labute approximate surface area is 61.1 Å². The number of hydrogen-bond donors (Lipinski definition) is 0. The summed E-state index contributed by atoms with van der Waals surface area (Å²) < 4.78 is 22.8. The maximum atomic E-state index is 10.9. The Morgan fingerprint density at radius 1 is 1.60 bits per heavy atom. The van der Waals surface area contributed by atoms with E-state index in [4.69, 9.17) is 5.26 Å². The Bertz CT molecular complexity index is 227. The van der Waals surface area contributed by atoms with Gasteiger partial charge in [0.1, 0.15) is 6.54 Å². The molecule has 0 aromatic rings. The summed E-state index contributed by atoms with van der Waals surface area (Å²) in [5.74, 6) is 0.0468. The van der Waals surface area contributed by atoms with Crippen LogP contribution in [-0.2, 0) is 10.0 Å². The van der Waals surface area contributed by atoms with Crippen molar-refractivity contribution in [3.05, 3.63) is 0 Å². The molecule has 0 aliphatic carbocycles. The van der Waals surface area contributed by atoms with Gasteiger partial charge < -0.3 is 0 Å². The van der Waals surface area contributed by atoms with E-state index < -0.39 is 10.0 Å². The van der Waals surface area contributed by atoms with Gasteiger partial charge in [-0.25, -0.2) is 8.42 Å². The van der Waals surface area contributed by atoms with Gasteiger partial charge in [-0.2, -0.15) is 9.57 Å². The van der Waals surface area contributed by atoms with Crippen molar-refractivity contribution in [1.29, 1.82) is 5.26 Å². The SMILES string of the molecule is CCS(=O)(=O)N(C)CC#N. The lowest BCUT2D eigenvalue weighted by Crippen LogP contribution is -2.28. The summed E-state index contributed by atoms with van der Waals surface area (Å²) in [6.45, 7) is 1.47. The zero-order valence-electron chi connectivity index (χ0n) is 6.03. The topological polar surface area (TPSA) is 61.2 Å². The molecule has 0 saturated carbocycles. The largest absolute Gasteiger partial charge is 0.214 e. The normalized spacial score (nSPS) is 11.4. The van der Waals surface area contributed by atoms with E-state index in [0.717, 1.165) is 4.31 Å². The van der Waals surface area contributed by atoms with E-state index in [1.807, 2.05) is 0 Å². The minimum absolute atomic E-state index is 0.0468. The fourth-order valence-corrected chi connectivity index (χ4v) is 1.11. The third-order valence-corrected chi connectivity index (χ3v) is 2.94. The predicted molar refractivity (Wildman–Crippen MR) is 37.7 cm³/mol. The molecule has 0 aromatic heterocycles.